The summed E-state index contributed by atoms with van der Waals surface area (Å²) in [7, 11) is 3.77. The maximum absolute atomic E-state index is 13.3. The lowest BCUT2D eigenvalue weighted by atomic mass is 9.88. The molecule has 10 heteroatoms. The number of carbonyl (C=O) groups is 1. The van der Waals surface area contributed by atoms with Crippen LogP contribution in [0, 0.1) is 6.92 Å². The van der Waals surface area contributed by atoms with Crippen LogP contribution in [0.3, 0.4) is 0 Å². The Morgan fingerprint density at radius 3 is 2.51 bits per heavy atom. The number of nitrogens with one attached hydrogen (secondary N) is 1. The van der Waals surface area contributed by atoms with Crippen molar-refractivity contribution in [2.45, 2.75) is 44.8 Å². The van der Waals surface area contributed by atoms with Crippen molar-refractivity contribution in [2.75, 3.05) is 44.8 Å². The number of carbonyl (C=O) groups excluding carboxylic acids is 1. The van der Waals surface area contributed by atoms with Crippen LogP contribution in [-0.2, 0) is 11.0 Å². The van der Waals surface area contributed by atoms with E-state index in [0.717, 1.165) is 41.4 Å². The molecule has 1 aliphatic heterocycles. The monoisotopic (exact) mass is 514 g/mol. The average Bonchev–Trinajstić information content (AvgIpc) is 2.82. The number of nitrogen functional groups attached to an aromatic ring is 1. The molecule has 3 N–H and O–H groups in total. The van der Waals surface area contributed by atoms with Gasteiger partial charge in [-0.25, -0.2) is 9.97 Å². The van der Waals surface area contributed by atoms with Gasteiger partial charge in [-0.15, -0.1) is 0 Å². The number of fused-ring (bicyclic) bond motifs is 1. The Bertz CT molecular complexity index is 1290. The molecule has 1 atom stereocenters. The Morgan fingerprint density at radius 1 is 1.16 bits per heavy atom. The molecular weight excluding hydrogens is 481 g/mol. The van der Waals surface area contributed by atoms with Crippen molar-refractivity contribution >= 4 is 28.3 Å². The number of piperidine rings is 1. The number of benzene rings is 2. The lowest BCUT2D eigenvalue weighted by molar-refractivity contribution is -0.137. The van der Waals surface area contributed by atoms with Gasteiger partial charge < -0.3 is 20.9 Å². The summed E-state index contributed by atoms with van der Waals surface area (Å²) in [5, 5.41) is 4.09. The molecule has 0 saturated carbocycles. The maximum Gasteiger partial charge on any atom is 0.416 e. The Hall–Kier alpha value is -3.40. The van der Waals surface area contributed by atoms with Gasteiger partial charge in [-0.1, -0.05) is 6.07 Å². The molecule has 37 heavy (non-hydrogen) atoms. The van der Waals surface area contributed by atoms with Crippen LogP contribution in [0.1, 0.15) is 54.2 Å². The van der Waals surface area contributed by atoms with E-state index in [0.29, 0.717) is 42.8 Å². The number of hydrogen-bond donors (Lipinski definition) is 2. The summed E-state index contributed by atoms with van der Waals surface area (Å²) < 4.78 is 40.0. The van der Waals surface area contributed by atoms with Crippen molar-refractivity contribution < 1.29 is 18.0 Å². The van der Waals surface area contributed by atoms with E-state index in [4.69, 9.17) is 5.73 Å². The van der Waals surface area contributed by atoms with Crippen molar-refractivity contribution in [1.29, 1.82) is 0 Å². The Labute approximate surface area is 214 Å². The first-order chi connectivity index (χ1) is 17.4. The first-order valence-corrected chi connectivity index (χ1v) is 12.4. The van der Waals surface area contributed by atoms with E-state index in [2.05, 4.69) is 27.4 Å². The quantitative estimate of drug-likeness (QED) is 0.451. The van der Waals surface area contributed by atoms with Gasteiger partial charge in [-0.3, -0.25) is 4.79 Å². The molecule has 4 rings (SSSR count). The molecule has 0 unspecified atom stereocenters. The average molecular weight is 515 g/mol. The summed E-state index contributed by atoms with van der Waals surface area (Å²) in [6.45, 7) is 5.38. The van der Waals surface area contributed by atoms with E-state index in [1.807, 2.05) is 30.0 Å². The number of nitrogens with two attached hydrogens (primary N) is 1. The molecule has 3 aromatic rings. The highest BCUT2D eigenvalue weighted by atomic mass is 19.4. The molecule has 1 amide bonds. The van der Waals surface area contributed by atoms with Gasteiger partial charge in [0.2, 0.25) is 5.91 Å². The highest BCUT2D eigenvalue weighted by molar-refractivity contribution is 5.90. The Balaban J connectivity index is 1.58. The van der Waals surface area contributed by atoms with Crippen LogP contribution in [0.4, 0.5) is 24.7 Å². The zero-order chi connectivity index (χ0) is 26.9. The molecule has 1 fully saturated rings. The summed E-state index contributed by atoms with van der Waals surface area (Å²) in [6, 6.07) is 9.20. The first kappa shape index (κ1) is 26.7. The number of anilines is 2. The minimum Gasteiger partial charge on any atom is -0.399 e. The second kappa shape index (κ2) is 10.5. The van der Waals surface area contributed by atoms with Crippen molar-refractivity contribution in [2.24, 2.45) is 0 Å². The predicted molar refractivity (Wildman–Crippen MR) is 139 cm³/mol. The molecule has 198 valence electrons. The topological polar surface area (TPSA) is 87.4 Å². The van der Waals surface area contributed by atoms with Crippen molar-refractivity contribution in [1.82, 2.24) is 19.8 Å². The third kappa shape index (κ3) is 6.30. The van der Waals surface area contributed by atoms with Gasteiger partial charge in [-0.05, 0) is 88.2 Å². The molecule has 2 aromatic carbocycles. The fourth-order valence-electron chi connectivity index (χ4n) is 4.84. The summed E-state index contributed by atoms with van der Waals surface area (Å²) in [5.74, 6) is 1.56. The number of rotatable bonds is 6. The number of aromatic nitrogens is 2. The van der Waals surface area contributed by atoms with E-state index in [9.17, 15) is 18.0 Å². The standard InChI is InChI=1S/C27H33F3N6O/c1-16(20-11-21(27(28,29)30)14-22(31)12-20)32-26-23-13-19(5-6-24(23)33-17(2)34-26)18-7-9-36(10-8-18)25(37)15-35(3)4/h5-6,11-14,16,18H,7-10,15,31H2,1-4H3,(H,32,33,34)/t16-/m1/s1. The van der Waals surface area contributed by atoms with E-state index in [1.165, 1.54) is 0 Å². The fourth-order valence-corrected chi connectivity index (χ4v) is 4.84. The van der Waals surface area contributed by atoms with Gasteiger partial charge in [0.1, 0.15) is 11.6 Å². The number of hydrogen-bond acceptors (Lipinski definition) is 6. The van der Waals surface area contributed by atoms with Gasteiger partial charge in [0.15, 0.2) is 0 Å². The number of halogens is 3. The maximum atomic E-state index is 13.3. The SMILES string of the molecule is Cc1nc(N[C@H](C)c2cc(N)cc(C(F)(F)F)c2)c2cc(C3CCN(C(=O)CN(C)C)CC3)ccc2n1. The number of nitrogens with zero attached hydrogens (tertiary/aromatic N) is 4. The zero-order valence-electron chi connectivity index (χ0n) is 21.6. The molecule has 0 radical (unpaired) electrons. The van der Waals surface area contributed by atoms with Crippen LogP contribution in [0.15, 0.2) is 36.4 Å². The fraction of sp³-hybridized carbons (Fsp3) is 0.444. The molecule has 1 aromatic heterocycles. The van der Waals surface area contributed by atoms with Crippen molar-refractivity contribution in [3.8, 4) is 0 Å². The third-order valence-electron chi connectivity index (χ3n) is 6.76. The van der Waals surface area contributed by atoms with Gasteiger partial charge in [0, 0.05) is 24.2 Å². The van der Waals surface area contributed by atoms with Gasteiger partial charge in [0.05, 0.1) is 23.7 Å². The summed E-state index contributed by atoms with van der Waals surface area (Å²) >= 11 is 0. The van der Waals surface area contributed by atoms with E-state index < -0.39 is 17.8 Å². The van der Waals surface area contributed by atoms with Crippen LogP contribution in [0.25, 0.3) is 10.9 Å². The molecule has 0 spiro atoms. The number of likely N-dealkylation sites (tertiary alicyclic amines) is 1. The number of amides is 1. The lowest BCUT2D eigenvalue weighted by Crippen LogP contribution is -2.42. The minimum absolute atomic E-state index is 0.0555. The smallest absolute Gasteiger partial charge is 0.399 e. The minimum atomic E-state index is -4.48. The summed E-state index contributed by atoms with van der Waals surface area (Å²) in [4.78, 5) is 25.3. The van der Waals surface area contributed by atoms with Crippen LogP contribution >= 0.6 is 0 Å². The van der Waals surface area contributed by atoms with Crippen LogP contribution in [-0.4, -0.2) is 59.4 Å². The Kier molecular flexibility index (Phi) is 7.59. The third-order valence-corrected chi connectivity index (χ3v) is 6.76. The van der Waals surface area contributed by atoms with Crippen molar-refractivity contribution in [3.63, 3.8) is 0 Å². The summed E-state index contributed by atoms with van der Waals surface area (Å²) in [6.07, 6.45) is -2.76. The molecule has 0 bridgehead atoms. The number of alkyl halides is 3. The second-order valence-electron chi connectivity index (χ2n) is 10.0. The molecule has 0 aliphatic carbocycles. The predicted octanol–water partition coefficient (Wildman–Crippen LogP) is 4.98. The van der Waals surface area contributed by atoms with Crippen LogP contribution in [0.5, 0.6) is 0 Å². The molecule has 1 saturated heterocycles. The summed E-state index contributed by atoms with van der Waals surface area (Å²) in [5.41, 5.74) is 7.37. The zero-order valence-corrected chi connectivity index (χ0v) is 21.6. The highest BCUT2D eigenvalue weighted by Crippen LogP contribution is 2.35. The molecular formula is C27H33F3N6O. The highest BCUT2D eigenvalue weighted by Gasteiger charge is 2.31. The van der Waals surface area contributed by atoms with E-state index in [-0.39, 0.29) is 11.6 Å². The van der Waals surface area contributed by atoms with Crippen LogP contribution in [0.2, 0.25) is 0 Å². The van der Waals surface area contributed by atoms with Gasteiger partial charge in [-0.2, -0.15) is 13.2 Å². The van der Waals surface area contributed by atoms with Gasteiger partial charge >= 0.3 is 6.18 Å². The van der Waals surface area contributed by atoms with E-state index in [1.54, 1.807) is 19.9 Å². The molecule has 2 heterocycles. The molecule has 1 aliphatic rings. The van der Waals surface area contributed by atoms with Gasteiger partial charge in [0.25, 0.3) is 0 Å². The van der Waals surface area contributed by atoms with Crippen LogP contribution < -0.4 is 11.1 Å². The molecule has 7 nitrogen and oxygen atoms in total. The largest absolute Gasteiger partial charge is 0.416 e. The van der Waals surface area contributed by atoms with Crippen molar-refractivity contribution in [3.05, 3.63) is 58.9 Å². The second-order valence-corrected chi connectivity index (χ2v) is 10.0. The lowest BCUT2D eigenvalue weighted by Gasteiger charge is -2.33. The number of likely N-dealkylation sites (N-methyl/N-ethyl adjacent to an activating group) is 1. The first-order valence-electron chi connectivity index (χ1n) is 12.4. The number of aryl methyl sites for hydroxylation is 1. The normalized spacial score (nSPS) is 15.8. The Morgan fingerprint density at radius 2 is 1.86 bits per heavy atom. The van der Waals surface area contributed by atoms with E-state index >= 15 is 0 Å².